The summed E-state index contributed by atoms with van der Waals surface area (Å²) in [7, 11) is 0. The Balaban J connectivity index is 3.96. The summed E-state index contributed by atoms with van der Waals surface area (Å²) >= 11 is 0. The van der Waals surface area contributed by atoms with Crippen molar-refractivity contribution in [3.05, 3.63) is 23.3 Å². The fourth-order valence-corrected chi connectivity index (χ4v) is 4.24. The molecule has 0 amide bonds. The Bertz CT molecular complexity index is 534. The van der Waals surface area contributed by atoms with Crippen LogP contribution >= 0.6 is 0 Å². The van der Waals surface area contributed by atoms with Crippen LogP contribution in [0.1, 0.15) is 143 Å². The molecule has 0 radical (unpaired) electrons. The number of unbranched alkanes of at least 4 members (excludes halogenated alkanes) is 16. The minimum atomic E-state index is -0.318. The number of carbonyl (C=O) groups excluding carboxylic acids is 2. The lowest BCUT2D eigenvalue weighted by atomic mass is 10.1. The SMILES string of the molecule is CCCCCCCCCCC=C(C=O)C(C)OCOCOC(C)C(C=O)=CCCCCCCCCCC. The van der Waals surface area contributed by atoms with Gasteiger partial charge in [-0.15, -0.1) is 0 Å². The molecule has 0 fully saturated rings. The molecule has 2 unspecified atom stereocenters. The molecular formula is C32H58O5. The van der Waals surface area contributed by atoms with Gasteiger partial charge in [0.1, 0.15) is 26.2 Å². The van der Waals surface area contributed by atoms with Crippen LogP contribution in [0.2, 0.25) is 0 Å². The monoisotopic (exact) mass is 522 g/mol. The lowest BCUT2D eigenvalue weighted by Gasteiger charge is -2.16. The van der Waals surface area contributed by atoms with E-state index in [4.69, 9.17) is 14.2 Å². The van der Waals surface area contributed by atoms with Crippen molar-refractivity contribution in [1.29, 1.82) is 0 Å². The molecule has 0 aromatic heterocycles. The molecule has 0 aliphatic carbocycles. The molecule has 5 nitrogen and oxygen atoms in total. The molecule has 0 bridgehead atoms. The first-order valence-electron chi connectivity index (χ1n) is 15.2. The average molecular weight is 523 g/mol. The minimum absolute atomic E-state index is 0.0369. The highest BCUT2D eigenvalue weighted by molar-refractivity contribution is 5.74. The molecule has 0 heterocycles. The smallest absolute Gasteiger partial charge is 0.150 e. The number of hydrogen-bond acceptors (Lipinski definition) is 5. The van der Waals surface area contributed by atoms with Crippen LogP contribution in [-0.4, -0.2) is 38.4 Å². The van der Waals surface area contributed by atoms with Crippen LogP contribution in [0.25, 0.3) is 0 Å². The van der Waals surface area contributed by atoms with Crippen LogP contribution in [0.15, 0.2) is 23.3 Å². The lowest BCUT2D eigenvalue weighted by molar-refractivity contribution is -0.151. The van der Waals surface area contributed by atoms with E-state index in [9.17, 15) is 9.59 Å². The molecule has 0 aromatic carbocycles. The van der Waals surface area contributed by atoms with Gasteiger partial charge in [0.2, 0.25) is 0 Å². The third-order valence-corrected chi connectivity index (χ3v) is 6.89. The molecule has 2 atom stereocenters. The molecule has 216 valence electrons. The van der Waals surface area contributed by atoms with E-state index in [-0.39, 0.29) is 25.8 Å². The van der Waals surface area contributed by atoms with Gasteiger partial charge in [-0.25, -0.2) is 0 Å². The molecule has 0 N–H and O–H groups in total. The first kappa shape index (κ1) is 35.7. The zero-order valence-corrected chi connectivity index (χ0v) is 24.6. The van der Waals surface area contributed by atoms with Crippen molar-refractivity contribution in [3.8, 4) is 0 Å². The first-order chi connectivity index (χ1) is 18.1. The predicted molar refractivity (Wildman–Crippen MR) is 155 cm³/mol. The van der Waals surface area contributed by atoms with Gasteiger partial charge < -0.3 is 14.2 Å². The Labute approximate surface area is 228 Å². The van der Waals surface area contributed by atoms with Gasteiger partial charge in [-0.2, -0.15) is 0 Å². The second kappa shape index (κ2) is 27.7. The predicted octanol–water partition coefficient (Wildman–Crippen LogP) is 9.04. The Morgan fingerprint density at radius 2 is 0.865 bits per heavy atom. The number of aldehydes is 2. The highest BCUT2D eigenvalue weighted by atomic mass is 16.7. The molecule has 0 aliphatic rings. The molecule has 37 heavy (non-hydrogen) atoms. The summed E-state index contributed by atoms with van der Waals surface area (Å²) in [6.07, 6.45) is 27.3. The number of carbonyl (C=O) groups is 2. The highest BCUT2D eigenvalue weighted by Gasteiger charge is 2.10. The van der Waals surface area contributed by atoms with E-state index in [0.717, 1.165) is 38.3 Å². The van der Waals surface area contributed by atoms with Gasteiger partial charge in [-0.1, -0.05) is 116 Å². The van der Waals surface area contributed by atoms with E-state index < -0.39 is 0 Å². The van der Waals surface area contributed by atoms with Crippen LogP contribution in [0.5, 0.6) is 0 Å². The summed E-state index contributed by atoms with van der Waals surface area (Å²) < 4.78 is 16.7. The summed E-state index contributed by atoms with van der Waals surface area (Å²) in [6, 6.07) is 0. The summed E-state index contributed by atoms with van der Waals surface area (Å²) in [4.78, 5) is 22.9. The zero-order valence-electron chi connectivity index (χ0n) is 24.6. The molecule has 0 saturated carbocycles. The maximum absolute atomic E-state index is 11.4. The van der Waals surface area contributed by atoms with Gasteiger partial charge in [0, 0.05) is 11.1 Å². The van der Waals surface area contributed by atoms with Crippen molar-refractivity contribution in [2.75, 3.05) is 13.6 Å². The van der Waals surface area contributed by atoms with Crippen molar-refractivity contribution >= 4 is 12.6 Å². The molecule has 5 heteroatoms. The van der Waals surface area contributed by atoms with Crippen LogP contribution in [-0.2, 0) is 23.8 Å². The maximum Gasteiger partial charge on any atom is 0.150 e. The standard InChI is InChI=1S/C32H58O5/c1-5-7-9-11-13-15-17-19-21-23-31(25-33)29(3)36-27-35-28-37-30(4)32(26-34)24-22-20-18-16-14-12-10-8-6-2/h23-26,29-30H,5-22,27-28H2,1-4H3. The molecule has 0 saturated heterocycles. The summed E-state index contributed by atoms with van der Waals surface area (Å²) in [5.74, 6) is 0. The number of allylic oxidation sites excluding steroid dienone is 2. The van der Waals surface area contributed by atoms with Gasteiger partial charge in [0.25, 0.3) is 0 Å². The summed E-state index contributed by atoms with van der Waals surface area (Å²) in [5.41, 5.74) is 1.32. The second-order valence-corrected chi connectivity index (χ2v) is 10.2. The van der Waals surface area contributed by atoms with Crippen molar-refractivity contribution in [3.63, 3.8) is 0 Å². The Hall–Kier alpha value is -1.30. The minimum Gasteiger partial charge on any atom is -0.348 e. The molecular weight excluding hydrogens is 464 g/mol. The van der Waals surface area contributed by atoms with Gasteiger partial charge in [0.15, 0.2) is 0 Å². The fraction of sp³-hybridized carbons (Fsp3) is 0.812. The zero-order chi connectivity index (χ0) is 27.4. The number of ether oxygens (including phenoxy) is 3. The number of hydrogen-bond donors (Lipinski definition) is 0. The Kier molecular flexibility index (Phi) is 26.8. The van der Waals surface area contributed by atoms with Crippen LogP contribution in [0.3, 0.4) is 0 Å². The lowest BCUT2D eigenvalue weighted by Crippen LogP contribution is -2.19. The van der Waals surface area contributed by atoms with Crippen LogP contribution in [0.4, 0.5) is 0 Å². The van der Waals surface area contributed by atoms with E-state index in [0.29, 0.717) is 11.1 Å². The maximum atomic E-state index is 11.4. The normalized spacial score (nSPS) is 14.1. The summed E-state index contributed by atoms with van der Waals surface area (Å²) in [5, 5.41) is 0. The Morgan fingerprint density at radius 1 is 0.541 bits per heavy atom. The average Bonchev–Trinajstić information content (AvgIpc) is 2.90. The van der Waals surface area contributed by atoms with Gasteiger partial charge in [-0.3, -0.25) is 9.59 Å². The third-order valence-electron chi connectivity index (χ3n) is 6.89. The topological polar surface area (TPSA) is 61.8 Å². The van der Waals surface area contributed by atoms with E-state index in [1.54, 1.807) is 0 Å². The van der Waals surface area contributed by atoms with Crippen LogP contribution in [0, 0.1) is 0 Å². The number of rotatable bonds is 28. The van der Waals surface area contributed by atoms with Crippen molar-refractivity contribution in [2.24, 2.45) is 0 Å². The van der Waals surface area contributed by atoms with E-state index in [1.807, 2.05) is 26.0 Å². The van der Waals surface area contributed by atoms with Gasteiger partial charge in [-0.05, 0) is 39.5 Å². The largest absolute Gasteiger partial charge is 0.348 e. The van der Waals surface area contributed by atoms with E-state index in [1.165, 1.54) is 89.9 Å². The molecule has 0 rings (SSSR count). The fourth-order valence-electron chi connectivity index (χ4n) is 4.24. The second-order valence-electron chi connectivity index (χ2n) is 10.2. The van der Waals surface area contributed by atoms with Gasteiger partial charge in [0.05, 0.1) is 12.2 Å². The quantitative estimate of drug-likeness (QED) is 0.0444. The van der Waals surface area contributed by atoms with E-state index in [2.05, 4.69) is 13.8 Å². The van der Waals surface area contributed by atoms with E-state index >= 15 is 0 Å². The first-order valence-corrected chi connectivity index (χ1v) is 15.2. The Morgan fingerprint density at radius 3 is 1.19 bits per heavy atom. The van der Waals surface area contributed by atoms with Crippen molar-refractivity contribution < 1.29 is 23.8 Å². The molecule has 0 aromatic rings. The van der Waals surface area contributed by atoms with Crippen molar-refractivity contribution in [1.82, 2.24) is 0 Å². The summed E-state index contributed by atoms with van der Waals surface area (Å²) in [6.45, 7) is 8.28. The highest BCUT2D eigenvalue weighted by Crippen LogP contribution is 2.14. The van der Waals surface area contributed by atoms with Gasteiger partial charge >= 0.3 is 0 Å². The van der Waals surface area contributed by atoms with Crippen molar-refractivity contribution in [2.45, 2.75) is 155 Å². The molecule has 0 spiro atoms. The molecule has 0 aliphatic heterocycles. The third kappa shape index (κ3) is 22.4. The van der Waals surface area contributed by atoms with Crippen LogP contribution < -0.4 is 0 Å².